The summed E-state index contributed by atoms with van der Waals surface area (Å²) < 4.78 is 17.5. The van der Waals surface area contributed by atoms with Crippen LogP contribution in [-0.2, 0) is 51.1 Å². The summed E-state index contributed by atoms with van der Waals surface area (Å²) in [7, 11) is 0.986. The van der Waals surface area contributed by atoms with Crippen LogP contribution in [0, 0.1) is 0 Å². The lowest BCUT2D eigenvalue weighted by atomic mass is 9.89. The fourth-order valence-electron chi connectivity index (χ4n) is 9.88. The van der Waals surface area contributed by atoms with Crippen LogP contribution in [0.1, 0.15) is 76.9 Å². The van der Waals surface area contributed by atoms with Crippen LogP contribution in [-0.4, -0.2) is 105 Å². The third-order valence-corrected chi connectivity index (χ3v) is 14.8. The summed E-state index contributed by atoms with van der Waals surface area (Å²) in [5.74, 6) is -11.1. The summed E-state index contributed by atoms with van der Waals surface area (Å²) >= 11 is 13.7. The second-order valence-electron chi connectivity index (χ2n) is 19.9. The lowest BCUT2D eigenvalue weighted by molar-refractivity contribution is -0.146. The van der Waals surface area contributed by atoms with E-state index < -0.39 is 124 Å². The molecule has 8 atom stereocenters. The third-order valence-electron chi connectivity index (χ3n) is 14.2. The summed E-state index contributed by atoms with van der Waals surface area (Å²) in [6, 6.07) is 12.3. The molecule has 5 aliphatic heterocycles. The summed E-state index contributed by atoms with van der Waals surface area (Å²) in [4.78, 5) is 103. The molecule has 11 bridgehead atoms. The molecule has 0 aliphatic carbocycles. The van der Waals surface area contributed by atoms with Crippen molar-refractivity contribution in [1.82, 2.24) is 31.9 Å². The van der Waals surface area contributed by atoms with Crippen LogP contribution in [0.4, 0.5) is 0 Å². The molecule has 5 heterocycles. The Balaban J connectivity index is 1.25. The highest BCUT2D eigenvalue weighted by molar-refractivity contribution is 6.32. The van der Waals surface area contributed by atoms with Crippen molar-refractivity contribution in [2.45, 2.75) is 80.5 Å². The van der Waals surface area contributed by atoms with E-state index in [0.29, 0.717) is 30.5 Å². The summed E-state index contributed by atoms with van der Waals surface area (Å²) in [5, 5.41) is 73.3. The van der Waals surface area contributed by atoms with Crippen molar-refractivity contribution in [2.75, 3.05) is 13.7 Å². The van der Waals surface area contributed by atoms with Crippen molar-refractivity contribution in [3.8, 4) is 57.1 Å². The maximum absolute atomic E-state index is 15.6. The van der Waals surface area contributed by atoms with Gasteiger partial charge in [0.25, 0.3) is 0 Å². The van der Waals surface area contributed by atoms with E-state index in [-0.39, 0.29) is 74.2 Å². The fraction of sp³-hybridized carbons (Fsp3) is 0.259. The first-order valence-electron chi connectivity index (χ1n) is 26.0. The lowest BCUT2D eigenvalue weighted by Gasteiger charge is -2.31. The number of hydrogen-bond donors (Lipinski definition) is 13. The Labute approximate surface area is 483 Å². The molecule has 15 N–H and O–H groups in total. The number of phenols is 4. The standard InChI is InChI=1S/C58H56Cl2N8O15/c1-81-58(80)48-33-24-31(69)25-40(71)45(33)32-20-28(11-13-39(32)70)46-55(77)68-49(57(79)67-48)50(72)29-12-15-42(35(60)21-29)83-44-23-30-22-43(51(44)73)82-41-14-10-27(17-34(41)59)19-38(63-52(74)36(62)9-5-6-16-61)53(75)64-37(18-26-7-3-2-4-8-26)54(76)65-47(30)56(78)66-46/h2-4,7-8,10-15,17,20-25,36-38,46-50,69-73H,5-6,9,16,18-19,61-62H2,1H3,(H,63,74)(H,64,75)(H,65,76)(H,66,78)(H,67,79)(H,68,77)/t36-,37+,38-,46-,47-,48+,49+,50-/m1/s1. The van der Waals surface area contributed by atoms with Gasteiger partial charge in [-0.25, -0.2) is 4.79 Å². The number of halogens is 2. The molecule has 25 heteroatoms. The van der Waals surface area contributed by atoms with Gasteiger partial charge in [0.2, 0.25) is 41.2 Å². The third kappa shape index (κ3) is 12.8. The molecule has 432 valence electrons. The molecule has 0 saturated carbocycles. The minimum absolute atomic E-state index is 0.0515. The number of ether oxygens (including phenoxy) is 3. The Bertz CT molecular complexity index is 3550. The zero-order valence-electron chi connectivity index (χ0n) is 44.0. The van der Waals surface area contributed by atoms with Crippen LogP contribution in [0.15, 0.2) is 109 Å². The molecule has 6 aromatic rings. The molecule has 0 fully saturated rings. The van der Waals surface area contributed by atoms with Gasteiger partial charge in [-0.3, -0.25) is 28.8 Å². The van der Waals surface area contributed by atoms with Crippen molar-refractivity contribution in [3.05, 3.63) is 153 Å². The van der Waals surface area contributed by atoms with Crippen molar-refractivity contribution < 1.29 is 73.3 Å². The van der Waals surface area contributed by atoms with Crippen LogP contribution in [0.2, 0.25) is 10.0 Å². The predicted molar refractivity (Wildman–Crippen MR) is 298 cm³/mol. The number of esters is 1. The number of amides is 6. The smallest absolute Gasteiger partial charge is 0.333 e. The minimum atomic E-state index is -2.09. The number of carbonyl (C=O) groups excluding carboxylic acids is 7. The number of aliphatic hydroxyl groups excluding tert-OH is 1. The fourth-order valence-corrected chi connectivity index (χ4v) is 10.4. The maximum atomic E-state index is 15.6. The normalized spacial score (nSPS) is 21.0. The van der Waals surface area contributed by atoms with Gasteiger partial charge in [-0.05, 0) is 102 Å². The topological polar surface area (TPSA) is 373 Å². The van der Waals surface area contributed by atoms with E-state index in [0.717, 1.165) is 37.4 Å². The van der Waals surface area contributed by atoms with Crippen LogP contribution in [0.5, 0.6) is 46.0 Å². The zero-order chi connectivity index (χ0) is 59.4. The number of phenolic OH excluding ortho intramolecular Hbond substituents is 4. The Morgan fingerprint density at radius 2 is 1.34 bits per heavy atom. The highest BCUT2D eigenvalue weighted by Crippen LogP contribution is 2.47. The Kier molecular flexibility index (Phi) is 17.6. The molecular formula is C58H56Cl2N8O15. The summed E-state index contributed by atoms with van der Waals surface area (Å²) in [5.41, 5.74) is 11.4. The number of benzene rings is 6. The summed E-state index contributed by atoms with van der Waals surface area (Å²) in [6.45, 7) is 0.368. The van der Waals surface area contributed by atoms with Gasteiger partial charge < -0.3 is 83.1 Å². The maximum Gasteiger partial charge on any atom is 0.333 e. The quantitative estimate of drug-likeness (QED) is 0.0713. The van der Waals surface area contributed by atoms with Gasteiger partial charge in [-0.15, -0.1) is 0 Å². The summed E-state index contributed by atoms with van der Waals surface area (Å²) in [6.07, 6.45) is -1.10. The number of aliphatic hydroxyl groups is 1. The molecule has 0 aromatic heterocycles. The second-order valence-corrected chi connectivity index (χ2v) is 20.7. The van der Waals surface area contributed by atoms with Gasteiger partial charge in [-0.2, -0.15) is 0 Å². The number of hydrogen-bond acceptors (Lipinski definition) is 17. The van der Waals surface area contributed by atoms with Gasteiger partial charge in [0.1, 0.15) is 65.1 Å². The molecule has 83 heavy (non-hydrogen) atoms. The molecule has 0 radical (unpaired) electrons. The first-order valence-corrected chi connectivity index (χ1v) is 26.7. The Hall–Kier alpha value is -9.13. The van der Waals surface area contributed by atoms with E-state index >= 15 is 14.4 Å². The second kappa shape index (κ2) is 24.9. The number of aromatic hydroxyl groups is 4. The first kappa shape index (κ1) is 58.5. The minimum Gasteiger partial charge on any atom is -0.508 e. The highest BCUT2D eigenvalue weighted by Gasteiger charge is 2.41. The molecule has 0 spiro atoms. The van der Waals surface area contributed by atoms with Crippen LogP contribution >= 0.6 is 23.2 Å². The number of rotatable bonds is 9. The average Bonchev–Trinajstić information content (AvgIpc) is 2.93. The average molecular weight is 1180 g/mol. The van der Waals surface area contributed by atoms with Crippen LogP contribution in [0.3, 0.4) is 0 Å². The van der Waals surface area contributed by atoms with Gasteiger partial charge in [0, 0.05) is 35.6 Å². The number of unbranched alkanes of at least 4 members (excludes halogenated alkanes) is 1. The molecule has 5 aliphatic rings. The van der Waals surface area contributed by atoms with Crippen LogP contribution in [0.25, 0.3) is 11.1 Å². The van der Waals surface area contributed by atoms with Crippen molar-refractivity contribution in [3.63, 3.8) is 0 Å². The van der Waals surface area contributed by atoms with Crippen molar-refractivity contribution in [2.24, 2.45) is 11.5 Å². The number of nitrogens with two attached hydrogens (primary N) is 2. The molecule has 23 nitrogen and oxygen atoms in total. The number of methoxy groups -OCH3 is 1. The molecule has 0 saturated heterocycles. The van der Waals surface area contributed by atoms with E-state index in [2.05, 4.69) is 31.9 Å². The van der Waals surface area contributed by atoms with E-state index in [9.17, 15) is 44.7 Å². The van der Waals surface area contributed by atoms with Crippen molar-refractivity contribution >= 4 is 64.6 Å². The molecule has 0 unspecified atom stereocenters. The largest absolute Gasteiger partial charge is 0.508 e. The van der Waals surface area contributed by atoms with E-state index in [4.69, 9.17) is 48.9 Å². The van der Waals surface area contributed by atoms with Crippen LogP contribution < -0.4 is 52.8 Å². The molecule has 11 rings (SSSR count). The van der Waals surface area contributed by atoms with Gasteiger partial charge in [-0.1, -0.05) is 78.2 Å². The van der Waals surface area contributed by atoms with Gasteiger partial charge >= 0.3 is 5.97 Å². The Morgan fingerprint density at radius 3 is 2.01 bits per heavy atom. The predicted octanol–water partition coefficient (Wildman–Crippen LogP) is 4.18. The van der Waals surface area contributed by atoms with E-state index in [1.807, 2.05) is 0 Å². The molecule has 6 amide bonds. The molecular weight excluding hydrogens is 1120 g/mol. The molecule has 6 aromatic carbocycles. The highest BCUT2D eigenvalue weighted by atomic mass is 35.5. The van der Waals surface area contributed by atoms with Gasteiger partial charge in [0.15, 0.2) is 17.5 Å². The van der Waals surface area contributed by atoms with Gasteiger partial charge in [0.05, 0.1) is 23.2 Å². The van der Waals surface area contributed by atoms with Crippen molar-refractivity contribution in [1.29, 1.82) is 0 Å². The first-order chi connectivity index (χ1) is 39.7. The van der Waals surface area contributed by atoms with E-state index in [1.165, 1.54) is 42.5 Å². The van der Waals surface area contributed by atoms with E-state index in [1.54, 1.807) is 36.4 Å². The number of carbonyl (C=O) groups is 7. The number of fused-ring (bicyclic) bond motifs is 15. The monoisotopic (exact) mass is 1170 g/mol. The SMILES string of the molecule is COC(=O)[C@H]1NC(=O)[C@H]2NC(=O)[C@H](NC(=O)[C@@H]3NC(=O)[C@H](Cc4ccccc4)NC(=O)[C@H](NC(=O)[C@H](N)CCCCN)Cc4ccc(c(Cl)c4)Oc4cc3cc(c4O)Oc3ccc(cc3Cl)[C@H]2O)c2ccc(O)c(c2)-c2c(O)cc(O)cc21. The zero-order valence-corrected chi connectivity index (χ0v) is 45.5. The lowest BCUT2D eigenvalue weighted by Crippen LogP contribution is -2.58. The number of nitrogens with one attached hydrogen (secondary N) is 6. The Morgan fingerprint density at radius 1 is 0.687 bits per heavy atom.